The summed E-state index contributed by atoms with van der Waals surface area (Å²) < 4.78 is 117. The second-order valence-corrected chi connectivity index (χ2v) is 15.2. The van der Waals surface area contributed by atoms with E-state index in [1.807, 2.05) is 0 Å². The molecule has 59 heavy (non-hydrogen) atoms. The zero-order chi connectivity index (χ0) is 42.5. The zero-order valence-corrected chi connectivity index (χ0v) is 31.9. The monoisotopic (exact) mass is 839 g/mol. The van der Waals surface area contributed by atoms with Gasteiger partial charge in [0.25, 0.3) is 11.8 Å². The third-order valence-electron chi connectivity index (χ3n) is 9.27. The number of rotatable bonds is 11. The molecule has 1 aliphatic heterocycles. The van der Waals surface area contributed by atoms with Crippen molar-refractivity contribution in [1.29, 1.82) is 0 Å². The van der Waals surface area contributed by atoms with Gasteiger partial charge in [0.1, 0.15) is 11.3 Å². The van der Waals surface area contributed by atoms with Crippen LogP contribution in [0.3, 0.4) is 0 Å². The first-order valence-corrected chi connectivity index (χ1v) is 19.5. The molecule has 1 aromatic heterocycles. The number of nitrogens with one attached hydrogen (secondary N) is 2. The smallest absolute Gasteiger partial charge is 0.416 e. The Hall–Kier alpha value is -6.27. The minimum Gasteiger partial charge on any atom is -0.466 e. The van der Waals surface area contributed by atoms with Crippen LogP contribution in [0.4, 0.5) is 37.7 Å². The molecule has 5 aromatic rings. The number of alkyl halides is 6. The van der Waals surface area contributed by atoms with E-state index in [9.17, 15) is 49.1 Å². The van der Waals surface area contributed by atoms with E-state index in [-0.39, 0.29) is 65.6 Å². The van der Waals surface area contributed by atoms with Crippen molar-refractivity contribution in [3.05, 3.63) is 132 Å². The average Bonchev–Trinajstić information content (AvgIpc) is 3.64. The molecule has 0 spiro atoms. The number of hydrogen-bond donors (Lipinski definition) is 2. The van der Waals surface area contributed by atoms with E-state index in [2.05, 4.69) is 15.7 Å². The Morgan fingerprint density at radius 3 is 1.88 bits per heavy atom. The molecule has 2 N–H and O–H groups in total. The Bertz CT molecular complexity index is 2420. The van der Waals surface area contributed by atoms with Gasteiger partial charge in [-0.25, -0.2) is 13.1 Å². The van der Waals surface area contributed by atoms with Gasteiger partial charge in [0.05, 0.1) is 34.2 Å². The lowest BCUT2D eigenvalue weighted by atomic mass is 9.98. The lowest BCUT2D eigenvalue weighted by Crippen LogP contribution is -2.40. The molecule has 1 fully saturated rings. The Labute approximate surface area is 334 Å². The SMILES string of the molecule is CCOC(=O)C1CCN(S(=O)(=O)c2cccc(-c3nn(-c4ccccc4)cc3C=C(C(=O)Nc3cccc(C(F)(F)F)c3)C(=O)Nc3cccc(C(F)(F)F)c3)c2)CC1. The van der Waals surface area contributed by atoms with Gasteiger partial charge >= 0.3 is 18.3 Å². The van der Waals surface area contributed by atoms with Gasteiger partial charge in [-0.05, 0) is 86.5 Å². The molecule has 2 amide bonds. The van der Waals surface area contributed by atoms with Crippen LogP contribution in [0.15, 0.2) is 120 Å². The summed E-state index contributed by atoms with van der Waals surface area (Å²) in [6.07, 6.45) is -6.58. The molecular weight excluding hydrogens is 805 g/mol. The molecule has 1 aliphatic rings. The molecule has 2 heterocycles. The van der Waals surface area contributed by atoms with Gasteiger partial charge in [-0.15, -0.1) is 0 Å². The molecule has 4 aromatic carbocycles. The molecule has 308 valence electrons. The van der Waals surface area contributed by atoms with Gasteiger partial charge in [0.15, 0.2) is 0 Å². The molecule has 0 atom stereocenters. The van der Waals surface area contributed by atoms with E-state index in [0.29, 0.717) is 17.8 Å². The number of anilines is 2. The highest BCUT2D eigenvalue weighted by atomic mass is 32.2. The largest absolute Gasteiger partial charge is 0.466 e. The lowest BCUT2D eigenvalue weighted by molar-refractivity contribution is -0.149. The molecular formula is C41H35F6N5O6S. The summed E-state index contributed by atoms with van der Waals surface area (Å²) >= 11 is 0. The second-order valence-electron chi connectivity index (χ2n) is 13.3. The summed E-state index contributed by atoms with van der Waals surface area (Å²) in [5.74, 6) is -3.30. The van der Waals surface area contributed by atoms with Crippen molar-refractivity contribution in [2.45, 2.75) is 37.0 Å². The Kier molecular flexibility index (Phi) is 12.4. The van der Waals surface area contributed by atoms with Crippen molar-refractivity contribution >= 4 is 45.3 Å². The fourth-order valence-corrected chi connectivity index (χ4v) is 7.82. The van der Waals surface area contributed by atoms with Crippen molar-refractivity contribution in [2.24, 2.45) is 5.92 Å². The van der Waals surface area contributed by atoms with Crippen LogP contribution >= 0.6 is 0 Å². The fraction of sp³-hybridized carbons (Fsp3) is 0.220. The van der Waals surface area contributed by atoms with Crippen molar-refractivity contribution in [1.82, 2.24) is 14.1 Å². The summed E-state index contributed by atoms with van der Waals surface area (Å²) in [5, 5.41) is 9.19. The number of piperidine rings is 1. The number of hydrogen-bond acceptors (Lipinski definition) is 7. The predicted molar refractivity (Wildman–Crippen MR) is 205 cm³/mol. The number of esters is 1. The van der Waals surface area contributed by atoms with Crippen LogP contribution in [0.2, 0.25) is 0 Å². The number of nitrogens with zero attached hydrogens (tertiary/aromatic N) is 3. The molecule has 1 saturated heterocycles. The number of carbonyl (C=O) groups is 3. The first kappa shape index (κ1) is 42.3. The molecule has 18 heteroatoms. The number of ether oxygens (including phenoxy) is 1. The Morgan fingerprint density at radius 1 is 0.780 bits per heavy atom. The highest BCUT2D eigenvalue weighted by Gasteiger charge is 2.34. The standard InChI is InChI=1S/C41H35F6N5O6S/c1-2-58-39(55)26-17-19-51(20-18-26)59(56,57)34-16-6-9-27(21-34)36-28(25-52(50-36)33-14-4-3-5-15-33)22-35(37(53)48-31-12-7-10-29(23-31)40(42,43)44)38(54)49-32-13-8-11-30(24-32)41(45,46)47/h3-16,21-26H,2,17-20H2,1H3,(H,48,53)(H,49,54). The normalized spacial score (nSPS) is 14.0. The van der Waals surface area contributed by atoms with Gasteiger partial charge in [0, 0.05) is 41.8 Å². The Balaban J connectivity index is 1.42. The molecule has 6 rings (SSSR count). The maximum Gasteiger partial charge on any atom is 0.416 e. The van der Waals surface area contributed by atoms with E-state index < -0.39 is 62.8 Å². The maximum atomic E-state index is 13.9. The van der Waals surface area contributed by atoms with Crippen LogP contribution in [0, 0.1) is 5.92 Å². The summed E-state index contributed by atoms with van der Waals surface area (Å²) in [7, 11) is -4.12. The van der Waals surface area contributed by atoms with Crippen LogP contribution in [-0.4, -0.2) is 60.0 Å². The van der Waals surface area contributed by atoms with Crippen molar-refractivity contribution < 1.29 is 53.9 Å². The number of halogens is 6. The summed E-state index contributed by atoms with van der Waals surface area (Å²) in [4.78, 5) is 39.9. The van der Waals surface area contributed by atoms with Gasteiger partial charge < -0.3 is 15.4 Å². The van der Waals surface area contributed by atoms with Crippen molar-refractivity contribution in [3.8, 4) is 16.9 Å². The van der Waals surface area contributed by atoms with Crippen LogP contribution in [0.1, 0.15) is 36.5 Å². The number of para-hydroxylation sites is 1. The zero-order valence-electron chi connectivity index (χ0n) is 31.0. The van der Waals surface area contributed by atoms with Crippen molar-refractivity contribution in [3.63, 3.8) is 0 Å². The molecule has 0 saturated carbocycles. The molecule has 0 aliphatic carbocycles. The van der Waals surface area contributed by atoms with Gasteiger partial charge in [-0.3, -0.25) is 14.4 Å². The average molecular weight is 840 g/mol. The van der Waals surface area contributed by atoms with Crippen LogP contribution in [-0.2, 0) is 41.5 Å². The van der Waals surface area contributed by atoms with E-state index in [4.69, 9.17) is 4.74 Å². The number of benzene rings is 4. The summed E-state index contributed by atoms with van der Waals surface area (Å²) in [5.41, 5.74) is -2.80. The maximum absolute atomic E-state index is 13.9. The fourth-order valence-electron chi connectivity index (χ4n) is 6.31. The summed E-state index contributed by atoms with van der Waals surface area (Å²) in [6, 6.07) is 21.5. The second kappa shape index (κ2) is 17.3. The van der Waals surface area contributed by atoms with Crippen LogP contribution in [0.25, 0.3) is 23.0 Å². The number of carbonyl (C=O) groups excluding carboxylic acids is 3. The molecule has 0 radical (unpaired) electrons. The highest BCUT2D eigenvalue weighted by molar-refractivity contribution is 7.89. The van der Waals surface area contributed by atoms with Gasteiger partial charge in [-0.1, -0.05) is 42.5 Å². The molecule has 0 unspecified atom stereocenters. The van der Waals surface area contributed by atoms with Crippen LogP contribution < -0.4 is 10.6 Å². The number of aromatic nitrogens is 2. The van der Waals surface area contributed by atoms with E-state index in [0.717, 1.165) is 42.5 Å². The minimum absolute atomic E-state index is 0.0482. The topological polar surface area (TPSA) is 140 Å². The number of amides is 2. The first-order chi connectivity index (χ1) is 27.9. The molecule has 0 bridgehead atoms. The Morgan fingerprint density at radius 2 is 1.34 bits per heavy atom. The van der Waals surface area contributed by atoms with Gasteiger partial charge in [-0.2, -0.15) is 35.7 Å². The lowest BCUT2D eigenvalue weighted by Gasteiger charge is -2.30. The van der Waals surface area contributed by atoms with E-state index in [1.54, 1.807) is 37.3 Å². The third kappa shape index (κ3) is 10.1. The van der Waals surface area contributed by atoms with Crippen LogP contribution in [0.5, 0.6) is 0 Å². The number of sulfonamides is 1. The minimum atomic E-state index is -4.78. The third-order valence-corrected chi connectivity index (χ3v) is 11.2. The van der Waals surface area contributed by atoms with E-state index >= 15 is 0 Å². The van der Waals surface area contributed by atoms with Crippen molar-refractivity contribution in [2.75, 3.05) is 30.3 Å². The predicted octanol–water partition coefficient (Wildman–Crippen LogP) is 8.20. The highest BCUT2D eigenvalue weighted by Crippen LogP contribution is 2.34. The van der Waals surface area contributed by atoms with Gasteiger partial charge in [0.2, 0.25) is 10.0 Å². The summed E-state index contributed by atoms with van der Waals surface area (Å²) in [6.45, 7) is 1.99. The first-order valence-electron chi connectivity index (χ1n) is 18.1. The molecule has 11 nitrogen and oxygen atoms in total. The van der Waals surface area contributed by atoms with E-state index in [1.165, 1.54) is 39.4 Å². The quantitative estimate of drug-likeness (QED) is 0.0450.